The summed E-state index contributed by atoms with van der Waals surface area (Å²) in [5.74, 6) is 0.996. The molecule has 2 aromatic carbocycles. The third-order valence-electron chi connectivity index (χ3n) is 6.54. The summed E-state index contributed by atoms with van der Waals surface area (Å²) in [7, 11) is 0. The van der Waals surface area contributed by atoms with Gasteiger partial charge in [0.05, 0.1) is 19.8 Å². The standard InChI is InChI=1S/C31H41NO6/c1-8-36-30(34)31(6,7)38-29-21(2)17-25(18-22(29)3)9-10-27(33)26-19-23(4)28(24(5)20-26)37-16-13-32-11-14-35-15-12-32/h9-10,17-20H,8,11-16H2,1-7H3/b10-9+. The van der Waals surface area contributed by atoms with Crippen LogP contribution in [-0.4, -0.2) is 68.3 Å². The van der Waals surface area contributed by atoms with Crippen LogP contribution in [0.5, 0.6) is 11.5 Å². The number of hydrogen-bond donors (Lipinski definition) is 0. The molecule has 0 aromatic heterocycles. The second-order valence-corrected chi connectivity index (χ2v) is 10.3. The second kappa shape index (κ2) is 13.1. The van der Waals surface area contributed by atoms with E-state index in [9.17, 15) is 9.59 Å². The maximum absolute atomic E-state index is 13.0. The van der Waals surface area contributed by atoms with E-state index in [0.717, 1.165) is 66.4 Å². The smallest absolute Gasteiger partial charge is 0.349 e. The molecule has 0 bridgehead atoms. The number of rotatable bonds is 11. The Morgan fingerprint density at radius 2 is 1.53 bits per heavy atom. The van der Waals surface area contributed by atoms with Crippen molar-refractivity contribution < 1.29 is 28.5 Å². The van der Waals surface area contributed by atoms with Gasteiger partial charge in [0.25, 0.3) is 0 Å². The van der Waals surface area contributed by atoms with Crippen molar-refractivity contribution in [1.29, 1.82) is 0 Å². The molecule has 7 nitrogen and oxygen atoms in total. The minimum absolute atomic E-state index is 0.0739. The number of morpholine rings is 1. The van der Waals surface area contributed by atoms with Crippen molar-refractivity contribution in [2.45, 2.75) is 54.1 Å². The first kappa shape index (κ1) is 29.4. The van der Waals surface area contributed by atoms with Crippen LogP contribution in [0.25, 0.3) is 6.08 Å². The molecule has 0 radical (unpaired) electrons. The highest BCUT2D eigenvalue weighted by Gasteiger charge is 2.32. The predicted octanol–water partition coefficient (Wildman–Crippen LogP) is 5.25. The summed E-state index contributed by atoms with van der Waals surface area (Å²) in [6, 6.07) is 7.65. The minimum atomic E-state index is -1.10. The van der Waals surface area contributed by atoms with Gasteiger partial charge in [-0.2, -0.15) is 0 Å². The molecule has 0 saturated carbocycles. The fourth-order valence-electron chi connectivity index (χ4n) is 4.53. The first-order valence-electron chi connectivity index (χ1n) is 13.3. The van der Waals surface area contributed by atoms with Gasteiger partial charge in [-0.15, -0.1) is 0 Å². The SMILES string of the molecule is CCOC(=O)C(C)(C)Oc1c(C)cc(/C=C/C(=O)c2cc(C)c(OCCN3CCOCC3)c(C)c2)cc1C. The Morgan fingerprint density at radius 1 is 0.947 bits per heavy atom. The molecule has 206 valence electrons. The van der Waals surface area contributed by atoms with Gasteiger partial charge in [-0.3, -0.25) is 9.69 Å². The molecule has 2 aromatic rings. The molecule has 7 heteroatoms. The third kappa shape index (κ3) is 7.68. The van der Waals surface area contributed by atoms with E-state index >= 15 is 0 Å². The zero-order valence-corrected chi connectivity index (χ0v) is 23.8. The average Bonchev–Trinajstić information content (AvgIpc) is 2.87. The maximum atomic E-state index is 13.0. The number of ketones is 1. The Kier molecular flexibility index (Phi) is 10.1. The van der Waals surface area contributed by atoms with Gasteiger partial charge in [0, 0.05) is 25.2 Å². The minimum Gasteiger partial charge on any atom is -0.492 e. The van der Waals surface area contributed by atoms with E-state index in [2.05, 4.69) is 4.90 Å². The molecule has 0 spiro atoms. The summed E-state index contributed by atoms with van der Waals surface area (Å²) in [4.78, 5) is 27.6. The fraction of sp³-hybridized carbons (Fsp3) is 0.484. The van der Waals surface area contributed by atoms with Crippen LogP contribution >= 0.6 is 0 Å². The van der Waals surface area contributed by atoms with Crippen LogP contribution in [0.3, 0.4) is 0 Å². The molecule has 1 aliphatic rings. The topological polar surface area (TPSA) is 74.3 Å². The molecular weight excluding hydrogens is 482 g/mol. The van der Waals surface area contributed by atoms with E-state index in [1.807, 2.05) is 52.0 Å². The van der Waals surface area contributed by atoms with Crippen molar-refractivity contribution in [2.24, 2.45) is 0 Å². The van der Waals surface area contributed by atoms with Gasteiger partial charge >= 0.3 is 5.97 Å². The number of aryl methyl sites for hydroxylation is 4. The molecule has 0 N–H and O–H groups in total. The lowest BCUT2D eigenvalue weighted by Gasteiger charge is -2.26. The first-order chi connectivity index (χ1) is 18.0. The Hall–Kier alpha value is -3.16. The van der Waals surface area contributed by atoms with Crippen LogP contribution in [0, 0.1) is 27.7 Å². The Balaban J connectivity index is 1.67. The number of hydrogen-bond acceptors (Lipinski definition) is 7. The highest BCUT2D eigenvalue weighted by molar-refractivity contribution is 6.07. The summed E-state index contributed by atoms with van der Waals surface area (Å²) in [5, 5.41) is 0. The van der Waals surface area contributed by atoms with Crippen molar-refractivity contribution in [3.8, 4) is 11.5 Å². The zero-order chi connectivity index (χ0) is 27.9. The lowest BCUT2D eigenvalue weighted by atomic mass is 10.0. The van der Waals surface area contributed by atoms with Gasteiger partial charge in [0.15, 0.2) is 11.4 Å². The number of nitrogens with zero attached hydrogens (tertiary/aromatic N) is 1. The second-order valence-electron chi connectivity index (χ2n) is 10.3. The number of carbonyl (C=O) groups excluding carboxylic acids is 2. The zero-order valence-electron chi connectivity index (χ0n) is 23.8. The molecule has 1 fully saturated rings. The summed E-state index contributed by atoms with van der Waals surface area (Å²) >= 11 is 0. The quantitative estimate of drug-likeness (QED) is 0.226. The monoisotopic (exact) mass is 523 g/mol. The number of benzene rings is 2. The molecule has 0 atom stereocenters. The van der Waals surface area contributed by atoms with Gasteiger partial charge in [0.1, 0.15) is 18.1 Å². The maximum Gasteiger partial charge on any atom is 0.349 e. The lowest BCUT2D eigenvalue weighted by molar-refractivity contribution is -0.158. The number of ether oxygens (including phenoxy) is 4. The number of allylic oxidation sites excluding steroid dienone is 1. The Labute approximate surface area is 226 Å². The van der Waals surface area contributed by atoms with E-state index in [0.29, 0.717) is 24.5 Å². The predicted molar refractivity (Wildman–Crippen MR) is 149 cm³/mol. The molecular formula is C31H41NO6. The number of esters is 1. The van der Waals surface area contributed by atoms with E-state index in [-0.39, 0.29) is 5.78 Å². The molecule has 38 heavy (non-hydrogen) atoms. The first-order valence-corrected chi connectivity index (χ1v) is 13.3. The van der Waals surface area contributed by atoms with Gasteiger partial charge in [-0.05, 0) is 107 Å². The van der Waals surface area contributed by atoms with E-state index in [4.69, 9.17) is 18.9 Å². The molecule has 0 unspecified atom stereocenters. The van der Waals surface area contributed by atoms with Crippen LogP contribution in [0.4, 0.5) is 0 Å². The lowest BCUT2D eigenvalue weighted by Crippen LogP contribution is -2.40. The summed E-state index contributed by atoms with van der Waals surface area (Å²) in [6.07, 6.45) is 3.39. The normalized spacial score (nSPS) is 14.5. The van der Waals surface area contributed by atoms with Crippen LogP contribution in [0.15, 0.2) is 30.3 Å². The van der Waals surface area contributed by atoms with E-state index in [1.54, 1.807) is 32.9 Å². The van der Waals surface area contributed by atoms with Crippen LogP contribution in [0.2, 0.25) is 0 Å². The van der Waals surface area contributed by atoms with Gasteiger partial charge in [-0.1, -0.05) is 6.08 Å². The van der Waals surface area contributed by atoms with E-state index in [1.165, 1.54) is 0 Å². The Bertz CT molecular complexity index is 1130. The fourth-order valence-corrected chi connectivity index (χ4v) is 4.53. The highest BCUT2D eigenvalue weighted by Crippen LogP contribution is 2.30. The summed E-state index contributed by atoms with van der Waals surface area (Å²) in [6.45, 7) is 18.1. The van der Waals surface area contributed by atoms with Gasteiger partial charge < -0.3 is 18.9 Å². The number of carbonyl (C=O) groups is 2. The van der Waals surface area contributed by atoms with Crippen molar-refractivity contribution in [3.05, 3.63) is 63.7 Å². The Morgan fingerprint density at radius 3 is 2.11 bits per heavy atom. The van der Waals surface area contributed by atoms with Crippen LogP contribution < -0.4 is 9.47 Å². The van der Waals surface area contributed by atoms with Gasteiger partial charge in [0.2, 0.25) is 0 Å². The van der Waals surface area contributed by atoms with Crippen LogP contribution in [-0.2, 0) is 14.3 Å². The third-order valence-corrected chi connectivity index (χ3v) is 6.54. The molecule has 1 saturated heterocycles. The summed E-state index contributed by atoms with van der Waals surface area (Å²) < 4.78 is 22.6. The highest BCUT2D eigenvalue weighted by atomic mass is 16.6. The average molecular weight is 524 g/mol. The summed E-state index contributed by atoms with van der Waals surface area (Å²) in [5.41, 5.74) is 4.04. The van der Waals surface area contributed by atoms with Crippen molar-refractivity contribution in [1.82, 2.24) is 4.90 Å². The van der Waals surface area contributed by atoms with Crippen molar-refractivity contribution >= 4 is 17.8 Å². The van der Waals surface area contributed by atoms with Crippen LogP contribution in [0.1, 0.15) is 58.9 Å². The molecule has 0 amide bonds. The van der Waals surface area contributed by atoms with E-state index < -0.39 is 11.6 Å². The molecule has 1 aliphatic heterocycles. The molecule has 1 heterocycles. The molecule has 3 rings (SSSR count). The molecule has 0 aliphatic carbocycles. The van der Waals surface area contributed by atoms with Crippen molar-refractivity contribution in [2.75, 3.05) is 46.1 Å². The largest absolute Gasteiger partial charge is 0.492 e. The van der Waals surface area contributed by atoms with Crippen molar-refractivity contribution in [3.63, 3.8) is 0 Å². The van der Waals surface area contributed by atoms with Gasteiger partial charge in [-0.25, -0.2) is 4.79 Å².